The van der Waals surface area contributed by atoms with Gasteiger partial charge in [-0.1, -0.05) is 13.0 Å². The molecular weight excluding hydrogens is 316 g/mol. The zero-order chi connectivity index (χ0) is 15.4. The Hall–Kier alpha value is -1.37. The molecule has 0 bridgehead atoms. The molecule has 2 amide bonds. The van der Waals surface area contributed by atoms with Crippen LogP contribution >= 0.6 is 22.7 Å². The van der Waals surface area contributed by atoms with E-state index in [1.807, 2.05) is 16.3 Å². The Kier molecular flexibility index (Phi) is 5.12. The summed E-state index contributed by atoms with van der Waals surface area (Å²) in [6.45, 7) is 4.67. The van der Waals surface area contributed by atoms with Crippen molar-refractivity contribution in [2.24, 2.45) is 0 Å². The van der Waals surface area contributed by atoms with Crippen LogP contribution in [0.15, 0.2) is 34.3 Å². The van der Waals surface area contributed by atoms with Gasteiger partial charge in [0, 0.05) is 18.0 Å². The fraction of sp³-hybridized carbons (Fsp3) is 0.438. The molecule has 1 fully saturated rings. The topological polar surface area (TPSA) is 41.6 Å². The van der Waals surface area contributed by atoms with Crippen LogP contribution in [0.25, 0.3) is 0 Å². The summed E-state index contributed by atoms with van der Waals surface area (Å²) in [5, 5.41) is 9.30. The van der Waals surface area contributed by atoms with E-state index >= 15 is 0 Å². The molecule has 1 aliphatic heterocycles. The molecular formula is C16H20N2O2S2. The molecule has 0 aromatic carbocycles. The normalized spacial score (nSPS) is 19.9. The summed E-state index contributed by atoms with van der Waals surface area (Å²) in [6, 6.07) is 6.20. The van der Waals surface area contributed by atoms with Gasteiger partial charge < -0.3 is 15.0 Å². The number of ether oxygens (including phenoxy) is 1. The molecule has 6 heteroatoms. The summed E-state index contributed by atoms with van der Waals surface area (Å²) < 4.78 is 5.78. The third-order valence-electron chi connectivity index (χ3n) is 3.89. The number of rotatable bonds is 4. The Morgan fingerprint density at radius 2 is 2.41 bits per heavy atom. The number of nitrogens with one attached hydrogen (secondary N) is 1. The van der Waals surface area contributed by atoms with Gasteiger partial charge in [0.1, 0.15) is 6.10 Å². The number of amides is 2. The minimum Gasteiger partial charge on any atom is -0.369 e. The first-order chi connectivity index (χ1) is 10.7. The standard InChI is InChI=1S/C16H20N2O2S2/c1-12(13-4-8-21-11-13)9-17-16(19)18-5-6-20-14(10-18)15-3-2-7-22-15/h2-4,7-8,11-12,14H,5-6,9-10H2,1H3,(H,17,19). The van der Waals surface area contributed by atoms with Crippen molar-refractivity contribution in [3.8, 4) is 0 Å². The Labute approximate surface area is 138 Å². The second kappa shape index (κ2) is 7.26. The van der Waals surface area contributed by atoms with E-state index in [2.05, 4.69) is 35.1 Å². The molecule has 0 aliphatic carbocycles. The Morgan fingerprint density at radius 3 is 3.14 bits per heavy atom. The summed E-state index contributed by atoms with van der Waals surface area (Å²) in [4.78, 5) is 15.4. The molecule has 3 heterocycles. The van der Waals surface area contributed by atoms with Crippen LogP contribution in [-0.2, 0) is 4.74 Å². The van der Waals surface area contributed by atoms with Gasteiger partial charge in [-0.05, 0) is 39.8 Å². The fourth-order valence-corrected chi connectivity index (χ4v) is 4.05. The molecule has 3 rings (SSSR count). The highest BCUT2D eigenvalue weighted by Crippen LogP contribution is 2.26. The Morgan fingerprint density at radius 1 is 1.50 bits per heavy atom. The quantitative estimate of drug-likeness (QED) is 0.925. The van der Waals surface area contributed by atoms with Crippen LogP contribution in [0.4, 0.5) is 4.79 Å². The van der Waals surface area contributed by atoms with Gasteiger partial charge in [0.25, 0.3) is 0 Å². The molecule has 22 heavy (non-hydrogen) atoms. The van der Waals surface area contributed by atoms with Crippen molar-refractivity contribution >= 4 is 28.7 Å². The summed E-state index contributed by atoms with van der Waals surface area (Å²) in [5.74, 6) is 0.337. The van der Waals surface area contributed by atoms with Gasteiger partial charge in [0.15, 0.2) is 0 Å². The first kappa shape index (κ1) is 15.5. The van der Waals surface area contributed by atoms with Crippen LogP contribution in [0.1, 0.15) is 29.4 Å². The SMILES string of the molecule is CC(CNC(=O)N1CCOC(c2cccs2)C1)c1ccsc1. The molecule has 0 radical (unpaired) electrons. The summed E-state index contributed by atoms with van der Waals surface area (Å²) >= 11 is 3.37. The molecule has 1 saturated heterocycles. The molecule has 0 spiro atoms. The van der Waals surface area contributed by atoms with E-state index in [1.54, 1.807) is 22.7 Å². The lowest BCUT2D eigenvalue weighted by atomic mass is 10.1. The maximum Gasteiger partial charge on any atom is 0.317 e. The van der Waals surface area contributed by atoms with Crippen LogP contribution in [-0.4, -0.2) is 37.2 Å². The third kappa shape index (κ3) is 3.69. The van der Waals surface area contributed by atoms with Crippen LogP contribution in [0.5, 0.6) is 0 Å². The monoisotopic (exact) mass is 336 g/mol. The zero-order valence-electron chi connectivity index (χ0n) is 12.5. The molecule has 1 N–H and O–H groups in total. The van der Waals surface area contributed by atoms with E-state index in [0.29, 0.717) is 32.2 Å². The van der Waals surface area contributed by atoms with Gasteiger partial charge in [0.2, 0.25) is 0 Å². The minimum atomic E-state index is 0.00642. The van der Waals surface area contributed by atoms with Crippen molar-refractivity contribution in [3.05, 3.63) is 44.8 Å². The predicted octanol–water partition coefficient (Wildman–Crippen LogP) is 3.70. The number of thiophene rings is 2. The van der Waals surface area contributed by atoms with Gasteiger partial charge in [-0.2, -0.15) is 11.3 Å². The average Bonchev–Trinajstić information content (AvgIpc) is 3.25. The lowest BCUT2D eigenvalue weighted by Crippen LogP contribution is -2.47. The number of morpholine rings is 1. The van der Waals surface area contributed by atoms with E-state index < -0.39 is 0 Å². The van der Waals surface area contributed by atoms with Crippen LogP contribution < -0.4 is 5.32 Å². The molecule has 118 valence electrons. The number of hydrogen-bond donors (Lipinski definition) is 1. The van der Waals surface area contributed by atoms with Crippen LogP contribution in [0.2, 0.25) is 0 Å². The molecule has 1 aliphatic rings. The second-order valence-corrected chi connectivity index (χ2v) is 7.22. The second-order valence-electron chi connectivity index (χ2n) is 5.46. The van der Waals surface area contributed by atoms with Gasteiger partial charge in [-0.15, -0.1) is 11.3 Å². The molecule has 4 nitrogen and oxygen atoms in total. The van der Waals surface area contributed by atoms with Gasteiger partial charge >= 0.3 is 6.03 Å². The third-order valence-corrected chi connectivity index (χ3v) is 5.55. The number of urea groups is 1. The van der Waals surface area contributed by atoms with Crippen molar-refractivity contribution in [2.45, 2.75) is 18.9 Å². The first-order valence-corrected chi connectivity index (χ1v) is 9.26. The molecule has 2 unspecified atom stereocenters. The van der Waals surface area contributed by atoms with E-state index in [9.17, 15) is 4.79 Å². The van der Waals surface area contributed by atoms with Crippen molar-refractivity contribution in [1.82, 2.24) is 10.2 Å². The maximum atomic E-state index is 12.4. The summed E-state index contributed by atoms with van der Waals surface area (Å²) in [5.41, 5.74) is 1.28. The number of carbonyl (C=O) groups is 1. The highest BCUT2D eigenvalue weighted by Gasteiger charge is 2.26. The van der Waals surface area contributed by atoms with E-state index in [4.69, 9.17) is 4.74 Å². The zero-order valence-corrected chi connectivity index (χ0v) is 14.2. The minimum absolute atomic E-state index is 0.00642. The van der Waals surface area contributed by atoms with Crippen molar-refractivity contribution < 1.29 is 9.53 Å². The largest absolute Gasteiger partial charge is 0.369 e. The smallest absolute Gasteiger partial charge is 0.317 e. The van der Waals surface area contributed by atoms with E-state index in [-0.39, 0.29) is 12.1 Å². The summed E-state index contributed by atoms with van der Waals surface area (Å²) in [6.07, 6.45) is 0.00815. The molecule has 2 aromatic heterocycles. The van der Waals surface area contributed by atoms with Crippen LogP contribution in [0.3, 0.4) is 0 Å². The van der Waals surface area contributed by atoms with Crippen LogP contribution in [0, 0.1) is 0 Å². The Bertz CT molecular complexity index is 583. The Balaban J connectivity index is 1.51. The van der Waals surface area contributed by atoms with Crippen molar-refractivity contribution in [3.63, 3.8) is 0 Å². The predicted molar refractivity (Wildman–Crippen MR) is 90.7 cm³/mol. The first-order valence-electron chi connectivity index (χ1n) is 7.44. The molecule has 2 aromatic rings. The molecule has 0 saturated carbocycles. The van der Waals surface area contributed by atoms with Crippen molar-refractivity contribution in [1.29, 1.82) is 0 Å². The number of nitrogens with zero attached hydrogens (tertiary/aromatic N) is 1. The van der Waals surface area contributed by atoms with Gasteiger partial charge in [-0.25, -0.2) is 4.79 Å². The average molecular weight is 336 g/mol. The fourth-order valence-electron chi connectivity index (χ4n) is 2.51. The van der Waals surface area contributed by atoms with E-state index in [0.717, 1.165) is 0 Å². The highest BCUT2D eigenvalue weighted by molar-refractivity contribution is 7.10. The van der Waals surface area contributed by atoms with E-state index in [1.165, 1.54) is 10.4 Å². The number of hydrogen-bond acceptors (Lipinski definition) is 4. The highest BCUT2D eigenvalue weighted by atomic mass is 32.1. The van der Waals surface area contributed by atoms with Gasteiger partial charge in [0.05, 0.1) is 13.2 Å². The van der Waals surface area contributed by atoms with Crippen molar-refractivity contribution in [2.75, 3.05) is 26.2 Å². The lowest BCUT2D eigenvalue weighted by Gasteiger charge is -2.32. The van der Waals surface area contributed by atoms with Gasteiger partial charge in [-0.3, -0.25) is 0 Å². The summed E-state index contributed by atoms with van der Waals surface area (Å²) in [7, 11) is 0. The maximum absolute atomic E-state index is 12.4. The molecule has 2 atom stereocenters. The lowest BCUT2D eigenvalue weighted by molar-refractivity contribution is -0.0135. The number of carbonyl (C=O) groups excluding carboxylic acids is 1.